The number of fused-ring (bicyclic) bond motifs is 1. The number of rotatable bonds is 7. The number of hydrogen-bond acceptors (Lipinski definition) is 5. The summed E-state index contributed by atoms with van der Waals surface area (Å²) in [5, 5.41) is 4.01. The van der Waals surface area contributed by atoms with Crippen molar-refractivity contribution in [3.63, 3.8) is 0 Å². The smallest absolute Gasteiger partial charge is 0.322 e. The van der Waals surface area contributed by atoms with Crippen molar-refractivity contribution in [1.29, 1.82) is 0 Å². The number of carbonyl (C=O) groups excluding carboxylic acids is 1. The lowest BCUT2D eigenvalue weighted by molar-refractivity contribution is -0.143. The van der Waals surface area contributed by atoms with Crippen LogP contribution in [-0.4, -0.2) is 33.8 Å². The summed E-state index contributed by atoms with van der Waals surface area (Å²) < 4.78 is 29.6. The molecule has 0 saturated heterocycles. The summed E-state index contributed by atoms with van der Waals surface area (Å²) in [4.78, 5) is 12.1. The van der Waals surface area contributed by atoms with E-state index in [-0.39, 0.29) is 5.92 Å². The predicted octanol–water partition coefficient (Wildman–Crippen LogP) is 3.06. The zero-order chi connectivity index (χ0) is 18.6. The molecule has 6 heteroatoms. The molecular weight excluding hydrogens is 338 g/mol. The Morgan fingerprint density at radius 2 is 1.76 bits per heavy atom. The first-order chi connectivity index (χ1) is 11.7. The van der Waals surface area contributed by atoms with Gasteiger partial charge in [-0.2, -0.15) is 0 Å². The fourth-order valence-electron chi connectivity index (χ4n) is 2.87. The summed E-state index contributed by atoms with van der Waals surface area (Å²) in [6.07, 6.45) is 1.66. The van der Waals surface area contributed by atoms with Gasteiger partial charge in [-0.1, -0.05) is 50.2 Å². The molecule has 0 bridgehead atoms. The first kappa shape index (κ1) is 19.4. The van der Waals surface area contributed by atoms with E-state index < -0.39 is 27.2 Å². The van der Waals surface area contributed by atoms with Crippen molar-refractivity contribution in [3.05, 3.63) is 48.0 Å². The summed E-state index contributed by atoms with van der Waals surface area (Å²) in [5.41, 5.74) is 0.610. The number of ether oxygens (including phenoxy) is 1. The van der Waals surface area contributed by atoms with Gasteiger partial charge in [0.05, 0.1) is 7.11 Å². The molecular formula is C19H25NO4S. The Hall–Kier alpha value is -1.92. The molecule has 5 nitrogen and oxygen atoms in total. The van der Waals surface area contributed by atoms with E-state index in [1.807, 2.05) is 50.2 Å². The SMILES string of the molecule is COC(=O)C(CC(C)C)N[C@H](c1ccc2ccccc2c1)S(C)(=O)=O. The number of sulfone groups is 1. The molecule has 0 heterocycles. The number of nitrogens with one attached hydrogen (secondary N) is 1. The zero-order valence-electron chi connectivity index (χ0n) is 15.0. The maximum Gasteiger partial charge on any atom is 0.322 e. The number of esters is 1. The molecule has 2 rings (SSSR count). The van der Waals surface area contributed by atoms with Gasteiger partial charge in [-0.3, -0.25) is 10.1 Å². The lowest BCUT2D eigenvalue weighted by Crippen LogP contribution is -2.43. The lowest BCUT2D eigenvalue weighted by Gasteiger charge is -2.25. The summed E-state index contributed by atoms with van der Waals surface area (Å²) in [6, 6.07) is 12.6. The van der Waals surface area contributed by atoms with E-state index >= 15 is 0 Å². The Morgan fingerprint density at radius 3 is 2.32 bits per heavy atom. The molecule has 0 aromatic heterocycles. The Kier molecular flexibility index (Phi) is 6.19. The van der Waals surface area contributed by atoms with Gasteiger partial charge in [-0.25, -0.2) is 8.42 Å². The van der Waals surface area contributed by atoms with Crippen LogP contribution in [0.4, 0.5) is 0 Å². The van der Waals surface area contributed by atoms with E-state index in [0.29, 0.717) is 12.0 Å². The Morgan fingerprint density at radius 1 is 1.12 bits per heavy atom. The molecule has 0 amide bonds. The Bertz CT molecular complexity index is 845. The predicted molar refractivity (Wildman–Crippen MR) is 99.9 cm³/mol. The summed E-state index contributed by atoms with van der Waals surface area (Å²) >= 11 is 0. The normalized spacial score (nSPS) is 14.4. The third kappa shape index (κ3) is 5.03. The zero-order valence-corrected chi connectivity index (χ0v) is 15.8. The molecule has 1 N–H and O–H groups in total. The summed E-state index contributed by atoms with van der Waals surface area (Å²) in [6.45, 7) is 3.95. The van der Waals surface area contributed by atoms with Crippen LogP contribution in [0.15, 0.2) is 42.5 Å². The van der Waals surface area contributed by atoms with Gasteiger partial charge in [-0.05, 0) is 34.7 Å². The number of benzene rings is 2. The molecule has 0 aliphatic rings. The quantitative estimate of drug-likeness (QED) is 0.766. The monoisotopic (exact) mass is 363 g/mol. The van der Waals surface area contributed by atoms with Gasteiger partial charge >= 0.3 is 5.97 Å². The summed E-state index contributed by atoms with van der Waals surface area (Å²) in [7, 11) is -2.17. The molecule has 0 saturated carbocycles. The largest absolute Gasteiger partial charge is 0.468 e. The highest BCUT2D eigenvalue weighted by molar-refractivity contribution is 7.90. The van der Waals surface area contributed by atoms with Crippen LogP contribution >= 0.6 is 0 Å². The topological polar surface area (TPSA) is 72.5 Å². The summed E-state index contributed by atoms with van der Waals surface area (Å²) in [5.74, 6) is -0.239. The third-order valence-corrected chi connectivity index (χ3v) is 5.31. The van der Waals surface area contributed by atoms with Crippen molar-refractivity contribution in [3.8, 4) is 0 Å². The first-order valence-electron chi connectivity index (χ1n) is 8.24. The third-order valence-electron chi connectivity index (χ3n) is 4.05. The van der Waals surface area contributed by atoms with Gasteiger partial charge in [0.2, 0.25) is 0 Å². The highest BCUT2D eigenvalue weighted by atomic mass is 32.2. The average molecular weight is 363 g/mol. The van der Waals surface area contributed by atoms with Crippen LogP contribution in [-0.2, 0) is 19.4 Å². The van der Waals surface area contributed by atoms with Crippen LogP contribution in [0.1, 0.15) is 31.2 Å². The molecule has 2 atom stereocenters. The van der Waals surface area contributed by atoms with E-state index in [2.05, 4.69) is 5.32 Å². The second-order valence-corrected chi connectivity index (χ2v) is 8.82. The number of carbonyl (C=O) groups is 1. The highest BCUT2D eigenvalue weighted by Crippen LogP contribution is 2.25. The van der Waals surface area contributed by atoms with Crippen LogP contribution < -0.4 is 5.32 Å². The fraction of sp³-hybridized carbons (Fsp3) is 0.421. The molecule has 0 fully saturated rings. The standard InChI is InChI=1S/C19H25NO4S/c1-13(2)11-17(19(21)24-3)20-18(25(4,22)23)16-10-9-14-7-5-6-8-15(14)12-16/h5-10,12-13,17-18,20H,11H2,1-4H3/t17?,18-/m0/s1. The molecule has 0 aliphatic heterocycles. The first-order valence-corrected chi connectivity index (χ1v) is 10.2. The molecule has 2 aromatic rings. The minimum absolute atomic E-state index is 0.216. The molecule has 1 unspecified atom stereocenters. The maximum atomic E-state index is 12.4. The van der Waals surface area contributed by atoms with Crippen molar-refractivity contribution in [2.24, 2.45) is 5.92 Å². The van der Waals surface area contributed by atoms with Gasteiger partial charge in [0.15, 0.2) is 9.84 Å². The van der Waals surface area contributed by atoms with Crippen molar-refractivity contribution in [2.45, 2.75) is 31.7 Å². The molecule has 2 aromatic carbocycles. The van der Waals surface area contributed by atoms with Crippen LogP contribution in [0.5, 0.6) is 0 Å². The fourth-order valence-corrected chi connectivity index (χ4v) is 3.92. The van der Waals surface area contributed by atoms with E-state index in [1.54, 1.807) is 6.07 Å². The van der Waals surface area contributed by atoms with Crippen LogP contribution in [0.25, 0.3) is 10.8 Å². The van der Waals surface area contributed by atoms with Crippen molar-refractivity contribution >= 4 is 26.6 Å². The van der Waals surface area contributed by atoms with Crippen LogP contribution in [0.3, 0.4) is 0 Å². The van der Waals surface area contributed by atoms with Gasteiger partial charge < -0.3 is 4.74 Å². The second kappa shape index (κ2) is 7.97. The molecule has 0 radical (unpaired) electrons. The number of methoxy groups -OCH3 is 1. The van der Waals surface area contributed by atoms with Crippen LogP contribution in [0, 0.1) is 5.92 Å². The van der Waals surface area contributed by atoms with E-state index in [1.165, 1.54) is 13.4 Å². The van der Waals surface area contributed by atoms with Crippen molar-refractivity contribution in [1.82, 2.24) is 5.32 Å². The average Bonchev–Trinajstić information content (AvgIpc) is 2.56. The highest BCUT2D eigenvalue weighted by Gasteiger charge is 2.30. The van der Waals surface area contributed by atoms with E-state index in [0.717, 1.165) is 10.8 Å². The lowest BCUT2D eigenvalue weighted by atomic mass is 10.0. The van der Waals surface area contributed by atoms with Gasteiger partial charge in [0.1, 0.15) is 11.4 Å². The molecule has 0 aliphatic carbocycles. The van der Waals surface area contributed by atoms with Crippen molar-refractivity contribution < 1.29 is 17.9 Å². The van der Waals surface area contributed by atoms with E-state index in [4.69, 9.17) is 4.74 Å². The second-order valence-electron chi connectivity index (χ2n) is 6.69. The number of hydrogen-bond donors (Lipinski definition) is 1. The Labute approximate surface area is 149 Å². The van der Waals surface area contributed by atoms with Gasteiger partial charge in [-0.15, -0.1) is 0 Å². The molecule has 25 heavy (non-hydrogen) atoms. The van der Waals surface area contributed by atoms with E-state index in [9.17, 15) is 13.2 Å². The minimum atomic E-state index is -3.48. The van der Waals surface area contributed by atoms with Crippen molar-refractivity contribution in [2.75, 3.05) is 13.4 Å². The van der Waals surface area contributed by atoms with Gasteiger partial charge in [0, 0.05) is 6.26 Å². The molecule has 136 valence electrons. The Balaban J connectivity index is 2.42. The van der Waals surface area contributed by atoms with Crippen LogP contribution in [0.2, 0.25) is 0 Å². The minimum Gasteiger partial charge on any atom is -0.468 e. The van der Waals surface area contributed by atoms with Gasteiger partial charge in [0.25, 0.3) is 0 Å². The molecule has 0 spiro atoms. The maximum absolute atomic E-state index is 12.4.